The van der Waals surface area contributed by atoms with Gasteiger partial charge < -0.3 is 9.30 Å². The molecule has 0 spiro atoms. The molecule has 0 aliphatic heterocycles. The molecule has 0 aliphatic rings. The Morgan fingerprint density at radius 3 is 2.92 bits per heavy atom. The molecule has 0 amide bonds. The first-order valence-electron chi connectivity index (χ1n) is 3.76. The standard InChI is InChI=1S/C8H11F2NO/c1-2-12-6-11-5-3-4-7(11)8(9)10/h3-5,8H,2,6H2,1H3. The molecule has 2 nitrogen and oxygen atoms in total. The van der Waals surface area contributed by atoms with Gasteiger partial charge >= 0.3 is 0 Å². The molecule has 0 fully saturated rings. The van der Waals surface area contributed by atoms with Gasteiger partial charge in [0.25, 0.3) is 6.43 Å². The molecule has 0 bridgehead atoms. The van der Waals surface area contributed by atoms with E-state index in [0.29, 0.717) is 6.61 Å². The van der Waals surface area contributed by atoms with Crippen LogP contribution in [0.1, 0.15) is 19.0 Å². The Morgan fingerprint density at radius 1 is 1.58 bits per heavy atom. The van der Waals surface area contributed by atoms with Gasteiger partial charge in [-0.3, -0.25) is 0 Å². The van der Waals surface area contributed by atoms with Gasteiger partial charge in [0.05, 0.1) is 5.69 Å². The maximum atomic E-state index is 12.2. The van der Waals surface area contributed by atoms with E-state index in [1.807, 2.05) is 6.92 Å². The van der Waals surface area contributed by atoms with E-state index in [1.165, 1.54) is 10.6 Å². The van der Waals surface area contributed by atoms with Crippen LogP contribution in [0.3, 0.4) is 0 Å². The SMILES string of the molecule is CCOCn1cccc1C(F)F. The Balaban J connectivity index is 2.64. The summed E-state index contributed by atoms with van der Waals surface area (Å²) in [6, 6.07) is 2.98. The van der Waals surface area contributed by atoms with Crippen molar-refractivity contribution < 1.29 is 13.5 Å². The fraction of sp³-hybridized carbons (Fsp3) is 0.500. The van der Waals surface area contributed by atoms with Crippen molar-refractivity contribution in [3.63, 3.8) is 0 Å². The van der Waals surface area contributed by atoms with Gasteiger partial charge in [-0.25, -0.2) is 8.78 Å². The zero-order valence-corrected chi connectivity index (χ0v) is 6.84. The summed E-state index contributed by atoms with van der Waals surface area (Å²) in [7, 11) is 0. The molecule has 0 unspecified atom stereocenters. The average Bonchev–Trinajstić information content (AvgIpc) is 2.48. The highest BCUT2D eigenvalue weighted by Crippen LogP contribution is 2.18. The number of halogens is 2. The van der Waals surface area contributed by atoms with Gasteiger partial charge in [-0.1, -0.05) is 0 Å². The highest BCUT2D eigenvalue weighted by Gasteiger charge is 2.10. The fourth-order valence-electron chi connectivity index (χ4n) is 0.933. The van der Waals surface area contributed by atoms with Crippen molar-refractivity contribution >= 4 is 0 Å². The van der Waals surface area contributed by atoms with E-state index >= 15 is 0 Å². The molecular formula is C8H11F2NO. The van der Waals surface area contributed by atoms with Crippen molar-refractivity contribution in [2.45, 2.75) is 20.1 Å². The zero-order valence-electron chi connectivity index (χ0n) is 6.84. The van der Waals surface area contributed by atoms with Crippen LogP contribution in [-0.4, -0.2) is 11.2 Å². The third-order valence-electron chi connectivity index (χ3n) is 1.52. The molecule has 12 heavy (non-hydrogen) atoms. The first kappa shape index (κ1) is 9.19. The Bertz CT molecular complexity index is 235. The molecule has 1 aromatic rings. The van der Waals surface area contributed by atoms with Crippen molar-refractivity contribution in [2.24, 2.45) is 0 Å². The van der Waals surface area contributed by atoms with Crippen LogP contribution in [0.15, 0.2) is 18.3 Å². The third-order valence-corrected chi connectivity index (χ3v) is 1.52. The van der Waals surface area contributed by atoms with Crippen molar-refractivity contribution in [2.75, 3.05) is 6.61 Å². The molecule has 1 rings (SSSR count). The fourth-order valence-corrected chi connectivity index (χ4v) is 0.933. The monoisotopic (exact) mass is 175 g/mol. The van der Waals surface area contributed by atoms with Crippen LogP contribution in [0.4, 0.5) is 8.78 Å². The maximum Gasteiger partial charge on any atom is 0.278 e. The van der Waals surface area contributed by atoms with Crippen LogP contribution in [0, 0.1) is 0 Å². The van der Waals surface area contributed by atoms with Crippen molar-refractivity contribution in [3.05, 3.63) is 24.0 Å². The van der Waals surface area contributed by atoms with E-state index in [0.717, 1.165) is 0 Å². The Labute approximate surface area is 69.8 Å². The summed E-state index contributed by atoms with van der Waals surface area (Å²) >= 11 is 0. The minimum absolute atomic E-state index is 0.00319. The minimum atomic E-state index is -2.43. The summed E-state index contributed by atoms with van der Waals surface area (Å²) in [5, 5.41) is 0. The summed E-state index contributed by atoms with van der Waals surface area (Å²) < 4.78 is 30.8. The van der Waals surface area contributed by atoms with E-state index < -0.39 is 6.43 Å². The van der Waals surface area contributed by atoms with Gasteiger partial charge in [-0.15, -0.1) is 0 Å². The predicted octanol–water partition coefficient (Wildman–Crippen LogP) is 2.42. The van der Waals surface area contributed by atoms with Gasteiger partial charge in [-0.05, 0) is 19.1 Å². The van der Waals surface area contributed by atoms with Crippen molar-refractivity contribution in [3.8, 4) is 0 Å². The number of hydrogen-bond donors (Lipinski definition) is 0. The van der Waals surface area contributed by atoms with Crippen LogP contribution < -0.4 is 0 Å². The summed E-state index contributed by atoms with van der Waals surface area (Å²) in [4.78, 5) is 0. The van der Waals surface area contributed by atoms with E-state index in [4.69, 9.17) is 4.74 Å². The highest BCUT2D eigenvalue weighted by atomic mass is 19.3. The molecule has 1 aromatic heterocycles. The molecule has 4 heteroatoms. The normalized spacial score (nSPS) is 11.0. The Hall–Kier alpha value is -0.900. The number of alkyl halides is 2. The van der Waals surface area contributed by atoms with Gasteiger partial charge in [0.15, 0.2) is 0 Å². The second kappa shape index (κ2) is 4.21. The van der Waals surface area contributed by atoms with Crippen LogP contribution in [0.25, 0.3) is 0 Å². The predicted molar refractivity (Wildman–Crippen MR) is 41.0 cm³/mol. The van der Waals surface area contributed by atoms with Gasteiger partial charge in [0, 0.05) is 12.8 Å². The smallest absolute Gasteiger partial charge is 0.278 e. The number of ether oxygens (including phenoxy) is 1. The zero-order chi connectivity index (χ0) is 8.97. The topological polar surface area (TPSA) is 14.2 Å². The lowest BCUT2D eigenvalue weighted by atomic mass is 10.4. The highest BCUT2D eigenvalue weighted by molar-refractivity contribution is 5.07. The van der Waals surface area contributed by atoms with Crippen LogP contribution >= 0.6 is 0 Å². The summed E-state index contributed by atoms with van der Waals surface area (Å²) in [6.45, 7) is 2.55. The molecular weight excluding hydrogens is 164 g/mol. The lowest BCUT2D eigenvalue weighted by Gasteiger charge is -2.07. The summed E-state index contributed by atoms with van der Waals surface area (Å²) in [5.74, 6) is 0. The lowest BCUT2D eigenvalue weighted by molar-refractivity contribution is 0.0717. The molecule has 0 radical (unpaired) electrons. The number of hydrogen-bond acceptors (Lipinski definition) is 1. The van der Waals surface area contributed by atoms with Crippen LogP contribution in [0.2, 0.25) is 0 Å². The van der Waals surface area contributed by atoms with Gasteiger partial charge in [0.1, 0.15) is 6.73 Å². The minimum Gasteiger partial charge on any atom is -0.361 e. The first-order valence-corrected chi connectivity index (χ1v) is 3.76. The van der Waals surface area contributed by atoms with Gasteiger partial charge in [-0.2, -0.15) is 0 Å². The number of aromatic nitrogens is 1. The third kappa shape index (κ3) is 2.04. The van der Waals surface area contributed by atoms with Gasteiger partial charge in [0.2, 0.25) is 0 Å². The number of nitrogens with zero attached hydrogens (tertiary/aromatic N) is 1. The molecule has 0 aliphatic carbocycles. The second-order valence-electron chi connectivity index (χ2n) is 2.33. The summed E-state index contributed by atoms with van der Waals surface area (Å²) in [5.41, 5.74) is 0.00319. The van der Waals surface area contributed by atoms with Crippen molar-refractivity contribution in [1.29, 1.82) is 0 Å². The summed E-state index contributed by atoms with van der Waals surface area (Å²) in [6.07, 6.45) is -0.850. The largest absolute Gasteiger partial charge is 0.361 e. The molecule has 0 atom stereocenters. The maximum absolute atomic E-state index is 12.2. The quantitative estimate of drug-likeness (QED) is 0.685. The molecule has 68 valence electrons. The van der Waals surface area contributed by atoms with E-state index in [1.54, 1.807) is 12.3 Å². The molecule has 0 saturated heterocycles. The number of rotatable bonds is 4. The van der Waals surface area contributed by atoms with Crippen LogP contribution in [0.5, 0.6) is 0 Å². The molecule has 1 heterocycles. The Morgan fingerprint density at radius 2 is 2.33 bits per heavy atom. The Kier molecular flexibility index (Phi) is 3.22. The second-order valence-corrected chi connectivity index (χ2v) is 2.33. The van der Waals surface area contributed by atoms with E-state index in [2.05, 4.69) is 0 Å². The molecule has 0 aromatic carbocycles. The van der Waals surface area contributed by atoms with Crippen molar-refractivity contribution in [1.82, 2.24) is 4.57 Å². The van der Waals surface area contributed by atoms with E-state index in [-0.39, 0.29) is 12.4 Å². The molecule has 0 N–H and O–H groups in total. The van der Waals surface area contributed by atoms with Crippen LogP contribution in [-0.2, 0) is 11.5 Å². The molecule has 0 saturated carbocycles. The first-order chi connectivity index (χ1) is 5.75. The van der Waals surface area contributed by atoms with E-state index in [9.17, 15) is 8.78 Å². The average molecular weight is 175 g/mol. The lowest BCUT2D eigenvalue weighted by Crippen LogP contribution is -2.05.